The van der Waals surface area contributed by atoms with Gasteiger partial charge in [0.05, 0.1) is 6.54 Å². The molecule has 120 valence electrons. The average Bonchev–Trinajstić information content (AvgIpc) is 2.65. The predicted molar refractivity (Wildman–Crippen MR) is 80.4 cm³/mol. The van der Waals surface area contributed by atoms with Crippen LogP contribution in [0.4, 0.5) is 4.79 Å². The number of nitrogens with zero attached hydrogens (tertiary/aromatic N) is 1. The highest BCUT2D eigenvalue weighted by atomic mass is 32.2. The minimum atomic E-state index is -4.20. The second-order valence-corrected chi connectivity index (χ2v) is 6.56. The quantitative estimate of drug-likeness (QED) is 0.906. The Morgan fingerprint density at radius 3 is 2.57 bits per heavy atom. The van der Waals surface area contributed by atoms with E-state index in [4.69, 9.17) is 14.6 Å². The summed E-state index contributed by atoms with van der Waals surface area (Å²) in [6.45, 7) is -0.307. The fourth-order valence-electron chi connectivity index (χ4n) is 2.17. The summed E-state index contributed by atoms with van der Waals surface area (Å²) in [7, 11) is -4.20. The maximum Gasteiger partial charge on any atom is 0.421 e. The maximum absolute atomic E-state index is 12.5. The summed E-state index contributed by atoms with van der Waals surface area (Å²) in [4.78, 5) is 10.9. The lowest BCUT2D eigenvalue weighted by molar-refractivity contribution is 0.167. The van der Waals surface area contributed by atoms with Crippen molar-refractivity contribution >= 4 is 16.1 Å². The second kappa shape index (κ2) is 5.81. The summed E-state index contributed by atoms with van der Waals surface area (Å²) in [5.41, 5.74) is 0. The molecule has 8 heteroatoms. The van der Waals surface area contributed by atoms with E-state index < -0.39 is 16.1 Å². The van der Waals surface area contributed by atoms with Crippen molar-refractivity contribution in [3.63, 3.8) is 0 Å². The molecule has 2 aromatic rings. The lowest BCUT2D eigenvalue weighted by atomic mass is 10.3. The van der Waals surface area contributed by atoms with Crippen LogP contribution in [0, 0.1) is 0 Å². The molecule has 7 nitrogen and oxygen atoms in total. The van der Waals surface area contributed by atoms with E-state index in [1.807, 2.05) is 6.07 Å². The number of amides is 1. The molecule has 0 aliphatic carbocycles. The van der Waals surface area contributed by atoms with Crippen molar-refractivity contribution in [2.75, 3.05) is 13.2 Å². The molecule has 0 aromatic heterocycles. The standard InChI is InChI=1S/C15H13NO6S/c17-15(18)16-8-9-21-13-7-6-12(10-14(13)23(16,19)20)22-11-4-2-1-3-5-11/h1-7,10H,8-9H2,(H,17,18). The van der Waals surface area contributed by atoms with Crippen LogP contribution in [-0.2, 0) is 10.0 Å². The lowest BCUT2D eigenvalue weighted by Gasteiger charge is -2.16. The molecule has 0 radical (unpaired) electrons. The van der Waals surface area contributed by atoms with E-state index in [-0.39, 0.29) is 29.5 Å². The minimum Gasteiger partial charge on any atom is -0.490 e. The second-order valence-electron chi connectivity index (χ2n) is 4.73. The van der Waals surface area contributed by atoms with Crippen LogP contribution in [0.15, 0.2) is 53.4 Å². The molecule has 2 aromatic carbocycles. The largest absolute Gasteiger partial charge is 0.490 e. The third kappa shape index (κ3) is 2.93. The Labute approximate surface area is 132 Å². The topological polar surface area (TPSA) is 93.1 Å². The Bertz CT molecular complexity index is 834. The van der Waals surface area contributed by atoms with Crippen molar-refractivity contribution < 1.29 is 27.8 Å². The van der Waals surface area contributed by atoms with Crippen LogP contribution < -0.4 is 9.47 Å². The van der Waals surface area contributed by atoms with Gasteiger partial charge in [0.2, 0.25) is 0 Å². The van der Waals surface area contributed by atoms with Gasteiger partial charge in [-0.05, 0) is 24.3 Å². The van der Waals surface area contributed by atoms with Gasteiger partial charge in [-0.2, -0.15) is 4.31 Å². The Kier molecular flexibility index (Phi) is 3.83. The summed E-state index contributed by atoms with van der Waals surface area (Å²) < 4.78 is 36.2. The molecule has 1 N–H and O–H groups in total. The molecular weight excluding hydrogens is 322 g/mol. The van der Waals surface area contributed by atoms with Crippen LogP contribution in [0.3, 0.4) is 0 Å². The SMILES string of the molecule is O=C(O)N1CCOc2ccc(Oc3ccccc3)cc2S1(=O)=O. The minimum absolute atomic E-state index is 0.0442. The highest BCUT2D eigenvalue weighted by Gasteiger charge is 2.34. The predicted octanol–water partition coefficient (Wildman–Crippen LogP) is 2.54. The van der Waals surface area contributed by atoms with E-state index in [9.17, 15) is 13.2 Å². The monoisotopic (exact) mass is 335 g/mol. The molecular formula is C15H13NO6S. The molecule has 0 saturated carbocycles. The molecule has 0 saturated heterocycles. The number of rotatable bonds is 2. The van der Waals surface area contributed by atoms with Crippen LogP contribution in [0.5, 0.6) is 17.2 Å². The van der Waals surface area contributed by atoms with Gasteiger partial charge in [0, 0.05) is 6.07 Å². The van der Waals surface area contributed by atoms with E-state index in [0.717, 1.165) is 0 Å². The summed E-state index contributed by atoms with van der Waals surface area (Å²) in [5, 5.41) is 9.09. The third-order valence-electron chi connectivity index (χ3n) is 3.23. The molecule has 1 amide bonds. The third-order valence-corrected chi connectivity index (χ3v) is 5.02. The molecule has 1 aliphatic heterocycles. The van der Waals surface area contributed by atoms with Gasteiger partial charge in [-0.1, -0.05) is 18.2 Å². The molecule has 1 aliphatic rings. The molecule has 1 heterocycles. The smallest absolute Gasteiger partial charge is 0.421 e. The van der Waals surface area contributed by atoms with E-state index in [2.05, 4.69) is 0 Å². The van der Waals surface area contributed by atoms with Gasteiger partial charge in [-0.25, -0.2) is 13.2 Å². The van der Waals surface area contributed by atoms with Crippen molar-refractivity contribution in [2.24, 2.45) is 0 Å². The first kappa shape index (κ1) is 15.2. The average molecular weight is 335 g/mol. The maximum atomic E-state index is 12.5. The molecule has 23 heavy (non-hydrogen) atoms. The first-order valence-corrected chi connectivity index (χ1v) is 8.18. The van der Waals surface area contributed by atoms with E-state index in [1.165, 1.54) is 12.1 Å². The zero-order valence-corrected chi connectivity index (χ0v) is 12.7. The van der Waals surface area contributed by atoms with Gasteiger partial charge in [0.1, 0.15) is 28.8 Å². The van der Waals surface area contributed by atoms with Gasteiger partial charge in [-0.15, -0.1) is 0 Å². The summed E-state index contributed by atoms with van der Waals surface area (Å²) in [6.07, 6.45) is -1.55. The van der Waals surface area contributed by atoms with Gasteiger partial charge >= 0.3 is 6.09 Å². The van der Waals surface area contributed by atoms with E-state index in [0.29, 0.717) is 10.1 Å². The van der Waals surface area contributed by atoms with Gasteiger partial charge in [-0.3, -0.25) is 0 Å². The lowest BCUT2D eigenvalue weighted by Crippen LogP contribution is -2.36. The number of benzene rings is 2. The first-order chi connectivity index (χ1) is 11.0. The number of para-hydroxylation sites is 1. The normalized spacial score (nSPS) is 15.9. The van der Waals surface area contributed by atoms with Crippen LogP contribution in [-0.4, -0.2) is 37.1 Å². The molecule has 0 atom stereocenters. The van der Waals surface area contributed by atoms with Crippen LogP contribution in [0.1, 0.15) is 0 Å². The van der Waals surface area contributed by atoms with Gasteiger partial charge in [0.15, 0.2) is 0 Å². The van der Waals surface area contributed by atoms with Crippen molar-refractivity contribution in [1.82, 2.24) is 4.31 Å². The number of carboxylic acid groups (broad SMARTS) is 1. The first-order valence-electron chi connectivity index (χ1n) is 6.74. The summed E-state index contributed by atoms with van der Waals surface area (Å²) >= 11 is 0. The zero-order chi connectivity index (χ0) is 16.4. The highest BCUT2D eigenvalue weighted by molar-refractivity contribution is 7.89. The Morgan fingerprint density at radius 2 is 1.87 bits per heavy atom. The Balaban J connectivity index is 2.02. The summed E-state index contributed by atoms with van der Waals surface area (Å²) in [5.74, 6) is 0.915. The van der Waals surface area contributed by atoms with Crippen LogP contribution in [0.25, 0.3) is 0 Å². The van der Waals surface area contributed by atoms with Crippen molar-refractivity contribution in [1.29, 1.82) is 0 Å². The van der Waals surface area contributed by atoms with E-state index in [1.54, 1.807) is 30.3 Å². The molecule has 3 rings (SSSR count). The van der Waals surface area contributed by atoms with Crippen molar-refractivity contribution in [2.45, 2.75) is 4.90 Å². The number of sulfonamides is 1. The molecule has 0 bridgehead atoms. The van der Waals surface area contributed by atoms with Gasteiger partial charge in [0.25, 0.3) is 10.0 Å². The fraction of sp³-hybridized carbons (Fsp3) is 0.133. The Morgan fingerprint density at radius 1 is 1.13 bits per heavy atom. The molecule has 0 unspecified atom stereocenters. The molecule has 0 spiro atoms. The van der Waals surface area contributed by atoms with Gasteiger partial charge < -0.3 is 14.6 Å². The Hall–Kier alpha value is -2.74. The zero-order valence-electron chi connectivity index (χ0n) is 11.9. The molecule has 0 fully saturated rings. The van der Waals surface area contributed by atoms with Crippen LogP contribution >= 0.6 is 0 Å². The number of ether oxygens (including phenoxy) is 2. The summed E-state index contributed by atoms with van der Waals surface area (Å²) in [6, 6.07) is 13.1. The van der Waals surface area contributed by atoms with Crippen LogP contribution in [0.2, 0.25) is 0 Å². The van der Waals surface area contributed by atoms with E-state index >= 15 is 0 Å². The van der Waals surface area contributed by atoms with Crippen molar-refractivity contribution in [3.8, 4) is 17.2 Å². The number of hydrogen-bond acceptors (Lipinski definition) is 5. The fourth-order valence-corrected chi connectivity index (χ4v) is 3.58. The highest BCUT2D eigenvalue weighted by Crippen LogP contribution is 2.34. The number of carbonyl (C=O) groups is 1. The van der Waals surface area contributed by atoms with Crippen molar-refractivity contribution in [3.05, 3.63) is 48.5 Å². The number of hydrogen-bond donors (Lipinski definition) is 1. The number of fused-ring (bicyclic) bond motifs is 1.